The number of nitrogens with zero attached hydrogens (tertiary/aromatic N) is 1. The fourth-order valence-electron chi connectivity index (χ4n) is 3.01. The van der Waals surface area contributed by atoms with Crippen molar-refractivity contribution in [2.24, 2.45) is 0 Å². The maximum atomic E-state index is 13.1. The number of hydrogen-bond acceptors (Lipinski definition) is 2. The normalized spacial score (nSPS) is 11.6. The molecule has 0 unspecified atom stereocenters. The van der Waals surface area contributed by atoms with Gasteiger partial charge in [-0.1, -0.05) is 6.07 Å². The first kappa shape index (κ1) is 19.7. The Balaban J connectivity index is 2.11. The van der Waals surface area contributed by atoms with E-state index < -0.39 is 23.1 Å². The molecule has 0 aliphatic rings. The molecule has 4 nitrogen and oxygen atoms in total. The molecule has 0 radical (unpaired) electrons. The van der Waals surface area contributed by atoms with Crippen LogP contribution in [0.3, 0.4) is 0 Å². The van der Waals surface area contributed by atoms with Gasteiger partial charge in [-0.2, -0.15) is 13.2 Å². The number of pyridine rings is 1. The summed E-state index contributed by atoms with van der Waals surface area (Å²) in [5.74, 6) is -0.658. The van der Waals surface area contributed by atoms with E-state index in [1.165, 1.54) is 12.3 Å². The smallest absolute Gasteiger partial charge is 0.347 e. The minimum atomic E-state index is -4.57. The molecule has 3 aromatic rings. The molecule has 1 heterocycles. The molecule has 0 fully saturated rings. The molecule has 1 amide bonds. The number of carbonyl (C=O) groups excluding carboxylic acids is 1. The van der Waals surface area contributed by atoms with Crippen LogP contribution in [-0.4, -0.2) is 10.5 Å². The van der Waals surface area contributed by atoms with E-state index in [-0.39, 0.29) is 10.9 Å². The molecule has 3 rings (SSSR count). The molecule has 0 aliphatic heterocycles. The fraction of sp³-hybridized carbons (Fsp3) is 0.238. The average Bonchev–Trinajstić information content (AvgIpc) is 2.64. The number of fused-ring (bicyclic) bond motifs is 1. The summed E-state index contributed by atoms with van der Waals surface area (Å²) in [6, 6.07) is 8.31. The number of nitrogens with one attached hydrogen (secondary N) is 1. The van der Waals surface area contributed by atoms with E-state index in [2.05, 4.69) is 5.32 Å². The van der Waals surface area contributed by atoms with Crippen molar-refractivity contribution in [2.45, 2.75) is 33.5 Å². The van der Waals surface area contributed by atoms with E-state index in [1.54, 1.807) is 23.6 Å². The first-order valence-electron chi connectivity index (χ1n) is 8.75. The van der Waals surface area contributed by atoms with Gasteiger partial charge in [-0.05, 0) is 62.2 Å². The predicted molar refractivity (Wildman–Crippen MR) is 103 cm³/mol. The van der Waals surface area contributed by atoms with Crippen molar-refractivity contribution in [3.63, 3.8) is 0 Å². The lowest BCUT2D eigenvalue weighted by Crippen LogP contribution is -2.24. The molecule has 1 aromatic heterocycles. The second kappa shape index (κ2) is 7.14. The zero-order valence-electron chi connectivity index (χ0n) is 15.6. The summed E-state index contributed by atoms with van der Waals surface area (Å²) in [5.41, 5.74) is 1.03. The van der Waals surface area contributed by atoms with Gasteiger partial charge in [0.2, 0.25) is 5.43 Å². The Morgan fingerprint density at radius 1 is 1.07 bits per heavy atom. The largest absolute Gasteiger partial charge is 0.416 e. The fourth-order valence-corrected chi connectivity index (χ4v) is 3.01. The van der Waals surface area contributed by atoms with Crippen molar-refractivity contribution in [1.29, 1.82) is 0 Å². The highest BCUT2D eigenvalue weighted by molar-refractivity contribution is 6.05. The molecule has 0 bridgehead atoms. The molecule has 0 saturated carbocycles. The third kappa shape index (κ3) is 3.65. The predicted octanol–water partition coefficient (Wildman–Crippen LogP) is 4.91. The second-order valence-electron chi connectivity index (χ2n) is 6.64. The van der Waals surface area contributed by atoms with Crippen LogP contribution in [0.15, 0.2) is 47.4 Å². The second-order valence-corrected chi connectivity index (χ2v) is 6.64. The number of amides is 1. The maximum Gasteiger partial charge on any atom is 0.416 e. The minimum Gasteiger partial charge on any atom is -0.347 e. The summed E-state index contributed by atoms with van der Waals surface area (Å²) < 4.78 is 40.8. The molecule has 0 aliphatic carbocycles. The molecule has 1 N–H and O–H groups in total. The zero-order valence-corrected chi connectivity index (χ0v) is 15.6. The van der Waals surface area contributed by atoms with E-state index in [1.807, 2.05) is 19.9 Å². The van der Waals surface area contributed by atoms with Crippen LogP contribution in [0.2, 0.25) is 0 Å². The Bertz CT molecular complexity index is 1130. The summed E-state index contributed by atoms with van der Waals surface area (Å²) in [7, 11) is 0. The van der Waals surface area contributed by atoms with Gasteiger partial charge >= 0.3 is 6.18 Å². The van der Waals surface area contributed by atoms with Gasteiger partial charge in [0.1, 0.15) is 5.56 Å². The Labute approximate surface area is 159 Å². The van der Waals surface area contributed by atoms with Crippen LogP contribution in [0.4, 0.5) is 18.9 Å². The van der Waals surface area contributed by atoms with Crippen LogP contribution >= 0.6 is 0 Å². The summed E-state index contributed by atoms with van der Waals surface area (Å²) in [4.78, 5) is 25.5. The monoisotopic (exact) mass is 388 g/mol. The number of aromatic nitrogens is 1. The molecule has 0 spiro atoms. The number of carbonyl (C=O) groups is 1. The Morgan fingerprint density at radius 3 is 2.39 bits per heavy atom. The standard InChI is InChI=1S/C21H19F3N2O2/c1-4-26-11-17(20(28)25-15-7-5-12(2)13(3)9-15)19(27)16-10-14(21(22,23)24)6-8-18(16)26/h5-11H,4H2,1-3H3,(H,25,28). The van der Waals surface area contributed by atoms with Crippen molar-refractivity contribution in [1.82, 2.24) is 4.57 Å². The van der Waals surface area contributed by atoms with Crippen LogP contribution < -0.4 is 10.7 Å². The van der Waals surface area contributed by atoms with Crippen LogP contribution in [0.25, 0.3) is 10.9 Å². The summed E-state index contributed by atoms with van der Waals surface area (Å²) >= 11 is 0. The van der Waals surface area contributed by atoms with E-state index in [9.17, 15) is 22.8 Å². The van der Waals surface area contributed by atoms with Gasteiger partial charge in [-0.15, -0.1) is 0 Å². The van der Waals surface area contributed by atoms with Gasteiger partial charge in [-0.25, -0.2) is 0 Å². The van der Waals surface area contributed by atoms with Crippen molar-refractivity contribution < 1.29 is 18.0 Å². The number of rotatable bonds is 3. The number of benzene rings is 2. The lowest BCUT2D eigenvalue weighted by Gasteiger charge is -2.14. The van der Waals surface area contributed by atoms with E-state index in [0.717, 1.165) is 23.3 Å². The van der Waals surface area contributed by atoms with Gasteiger partial charge in [-0.3, -0.25) is 9.59 Å². The number of hydrogen-bond donors (Lipinski definition) is 1. The zero-order chi connectivity index (χ0) is 20.6. The summed E-state index contributed by atoms with van der Waals surface area (Å²) in [6.07, 6.45) is -3.19. The first-order valence-corrected chi connectivity index (χ1v) is 8.75. The van der Waals surface area contributed by atoms with Gasteiger partial charge in [0.05, 0.1) is 11.1 Å². The lowest BCUT2D eigenvalue weighted by atomic mass is 10.1. The Hall–Kier alpha value is -3.09. The van der Waals surface area contributed by atoms with Crippen molar-refractivity contribution in [3.8, 4) is 0 Å². The quantitative estimate of drug-likeness (QED) is 0.693. The van der Waals surface area contributed by atoms with Crippen molar-refractivity contribution >= 4 is 22.5 Å². The minimum absolute atomic E-state index is 0.135. The molecule has 0 atom stereocenters. The highest BCUT2D eigenvalue weighted by Crippen LogP contribution is 2.31. The molecule has 2 aromatic carbocycles. The van der Waals surface area contributed by atoms with Gasteiger partial charge in [0.25, 0.3) is 5.91 Å². The Kier molecular flexibility index (Phi) is 5.02. The average molecular weight is 388 g/mol. The van der Waals surface area contributed by atoms with E-state index in [0.29, 0.717) is 17.7 Å². The van der Waals surface area contributed by atoms with Crippen LogP contribution in [0.1, 0.15) is 34.0 Å². The third-order valence-corrected chi connectivity index (χ3v) is 4.76. The van der Waals surface area contributed by atoms with Crippen molar-refractivity contribution in [2.75, 3.05) is 5.32 Å². The molecular weight excluding hydrogens is 369 g/mol. The third-order valence-electron chi connectivity index (χ3n) is 4.76. The highest BCUT2D eigenvalue weighted by Gasteiger charge is 2.31. The SMILES string of the molecule is CCn1cc(C(=O)Nc2ccc(C)c(C)c2)c(=O)c2cc(C(F)(F)F)ccc21. The van der Waals surface area contributed by atoms with Gasteiger partial charge in [0, 0.05) is 23.8 Å². The number of aryl methyl sites for hydroxylation is 3. The number of halogens is 3. The topological polar surface area (TPSA) is 51.1 Å². The number of alkyl halides is 3. The molecule has 7 heteroatoms. The van der Waals surface area contributed by atoms with Gasteiger partial charge < -0.3 is 9.88 Å². The first-order chi connectivity index (χ1) is 13.1. The lowest BCUT2D eigenvalue weighted by molar-refractivity contribution is -0.137. The number of anilines is 1. The van der Waals surface area contributed by atoms with E-state index in [4.69, 9.17) is 0 Å². The molecule has 146 valence electrons. The maximum absolute atomic E-state index is 13.1. The summed E-state index contributed by atoms with van der Waals surface area (Å²) in [6.45, 7) is 6.00. The summed E-state index contributed by atoms with van der Waals surface area (Å²) in [5, 5.41) is 2.52. The van der Waals surface area contributed by atoms with E-state index >= 15 is 0 Å². The highest BCUT2D eigenvalue weighted by atomic mass is 19.4. The van der Waals surface area contributed by atoms with Crippen LogP contribution in [0, 0.1) is 13.8 Å². The molecule has 0 saturated heterocycles. The Morgan fingerprint density at radius 2 is 1.79 bits per heavy atom. The molecule has 28 heavy (non-hydrogen) atoms. The van der Waals surface area contributed by atoms with Crippen LogP contribution in [0.5, 0.6) is 0 Å². The van der Waals surface area contributed by atoms with Gasteiger partial charge in [0.15, 0.2) is 0 Å². The van der Waals surface area contributed by atoms with Crippen molar-refractivity contribution in [3.05, 3.63) is 75.1 Å². The molecular formula is C21H19F3N2O2. The van der Waals surface area contributed by atoms with Crippen LogP contribution in [-0.2, 0) is 12.7 Å².